The van der Waals surface area contributed by atoms with E-state index in [9.17, 15) is 4.79 Å². The second kappa shape index (κ2) is 10.2. The summed E-state index contributed by atoms with van der Waals surface area (Å²) in [5.41, 5.74) is 5.41. The number of fused-ring (bicyclic) bond motifs is 3. The van der Waals surface area contributed by atoms with E-state index in [2.05, 4.69) is 22.0 Å². The molecule has 1 aromatic heterocycles. The van der Waals surface area contributed by atoms with Crippen LogP contribution in [0.2, 0.25) is 5.02 Å². The molecule has 2 aromatic carbocycles. The Morgan fingerprint density at radius 3 is 2.75 bits per heavy atom. The van der Waals surface area contributed by atoms with Crippen LogP contribution in [-0.4, -0.2) is 29.7 Å². The lowest BCUT2D eigenvalue weighted by Gasteiger charge is -2.21. The van der Waals surface area contributed by atoms with Gasteiger partial charge in [0, 0.05) is 47.1 Å². The Morgan fingerprint density at radius 1 is 1.19 bits per heavy atom. The molecule has 1 N–H and O–H groups in total. The number of hydrogen-bond acceptors (Lipinski definition) is 3. The summed E-state index contributed by atoms with van der Waals surface area (Å²) in [6.07, 6.45) is 2.08. The van der Waals surface area contributed by atoms with Crippen LogP contribution < -0.4 is 10.1 Å². The van der Waals surface area contributed by atoms with Crippen LogP contribution in [0.1, 0.15) is 37.9 Å². The number of hydrogen-bond donors (Lipinski definition) is 1. The number of halogens is 1. The first-order valence-corrected chi connectivity index (χ1v) is 11.5. The highest BCUT2D eigenvalue weighted by atomic mass is 35.5. The maximum Gasteiger partial charge on any atom is 0.220 e. The zero-order chi connectivity index (χ0) is 22.5. The molecule has 0 unspecified atom stereocenters. The molecular formula is C26H29ClN2O3. The third-order valence-electron chi connectivity index (χ3n) is 5.47. The van der Waals surface area contributed by atoms with Crippen molar-refractivity contribution >= 4 is 17.5 Å². The minimum absolute atomic E-state index is 0.0491. The minimum atomic E-state index is 0.0491. The van der Waals surface area contributed by atoms with Crippen molar-refractivity contribution in [1.82, 2.24) is 9.88 Å². The second-order valence-corrected chi connectivity index (χ2v) is 8.67. The fourth-order valence-electron chi connectivity index (χ4n) is 3.99. The van der Waals surface area contributed by atoms with Crippen LogP contribution in [0.15, 0.2) is 54.6 Å². The molecule has 0 atom stereocenters. The fraction of sp³-hybridized carbons (Fsp3) is 0.346. The number of benzene rings is 2. The van der Waals surface area contributed by atoms with E-state index in [1.807, 2.05) is 56.3 Å². The van der Waals surface area contributed by atoms with Gasteiger partial charge in [0.1, 0.15) is 12.4 Å². The predicted molar refractivity (Wildman–Crippen MR) is 128 cm³/mol. The Kier molecular flexibility index (Phi) is 7.18. The van der Waals surface area contributed by atoms with Crippen LogP contribution in [-0.2, 0) is 22.6 Å². The molecule has 3 aromatic rings. The molecule has 4 rings (SSSR count). The zero-order valence-electron chi connectivity index (χ0n) is 18.6. The van der Waals surface area contributed by atoms with Crippen LogP contribution >= 0.6 is 11.6 Å². The molecule has 0 bridgehead atoms. The van der Waals surface area contributed by atoms with E-state index in [0.717, 1.165) is 40.4 Å². The van der Waals surface area contributed by atoms with Crippen molar-refractivity contribution < 1.29 is 14.3 Å². The number of ether oxygens (including phenoxy) is 2. The number of nitrogens with one attached hydrogen (secondary N) is 1. The van der Waals surface area contributed by atoms with Gasteiger partial charge in [0.15, 0.2) is 0 Å². The number of para-hydroxylation sites is 1. The Hall–Kier alpha value is -2.76. The van der Waals surface area contributed by atoms with Gasteiger partial charge in [-0.05, 0) is 69.2 Å². The van der Waals surface area contributed by atoms with Gasteiger partial charge >= 0.3 is 0 Å². The average molecular weight is 453 g/mol. The lowest BCUT2D eigenvalue weighted by molar-refractivity contribution is -0.121. The topological polar surface area (TPSA) is 52.5 Å². The van der Waals surface area contributed by atoms with Crippen LogP contribution in [0.5, 0.6) is 5.75 Å². The molecule has 1 aliphatic rings. The standard InChI is InChI=1S/C26H29ClN2O3/c1-18(2)31-15-5-14-28-25(30)13-12-22-16-19-17-32-24-7-4-3-6-23(24)26(19)29(22)21-10-8-20(27)9-11-21/h3-4,6-11,16,18H,5,12-15,17H2,1-2H3,(H,28,30). The molecule has 1 amide bonds. The number of aryl methyl sites for hydroxylation is 1. The summed E-state index contributed by atoms with van der Waals surface area (Å²) >= 11 is 6.14. The summed E-state index contributed by atoms with van der Waals surface area (Å²) in [5, 5.41) is 3.70. The van der Waals surface area contributed by atoms with Crippen molar-refractivity contribution in [2.75, 3.05) is 13.2 Å². The third-order valence-corrected chi connectivity index (χ3v) is 5.72. The molecule has 0 aliphatic carbocycles. The average Bonchev–Trinajstić information content (AvgIpc) is 3.17. The molecule has 6 heteroatoms. The van der Waals surface area contributed by atoms with Gasteiger partial charge in [0.05, 0.1) is 11.8 Å². The summed E-state index contributed by atoms with van der Waals surface area (Å²) in [4.78, 5) is 12.4. The van der Waals surface area contributed by atoms with Crippen LogP contribution in [0.25, 0.3) is 16.9 Å². The van der Waals surface area contributed by atoms with Gasteiger partial charge < -0.3 is 19.4 Å². The van der Waals surface area contributed by atoms with E-state index in [4.69, 9.17) is 21.1 Å². The Balaban J connectivity index is 1.53. The van der Waals surface area contributed by atoms with Gasteiger partial charge in [-0.15, -0.1) is 0 Å². The quantitative estimate of drug-likeness (QED) is 0.433. The lowest BCUT2D eigenvalue weighted by atomic mass is 10.0. The summed E-state index contributed by atoms with van der Waals surface area (Å²) in [5.74, 6) is 0.925. The molecule has 2 heterocycles. The SMILES string of the molecule is CC(C)OCCCNC(=O)CCc1cc2c(n1-c1ccc(Cl)cc1)-c1ccccc1OC2. The van der Waals surface area contributed by atoms with Crippen molar-refractivity contribution in [3.8, 4) is 22.7 Å². The monoisotopic (exact) mass is 452 g/mol. The number of rotatable bonds is 9. The highest BCUT2D eigenvalue weighted by molar-refractivity contribution is 6.30. The summed E-state index contributed by atoms with van der Waals surface area (Å²) in [6.45, 7) is 5.82. The highest BCUT2D eigenvalue weighted by Crippen LogP contribution is 2.41. The lowest BCUT2D eigenvalue weighted by Crippen LogP contribution is -2.26. The van der Waals surface area contributed by atoms with E-state index >= 15 is 0 Å². The van der Waals surface area contributed by atoms with Crippen molar-refractivity contribution in [2.45, 2.75) is 45.8 Å². The van der Waals surface area contributed by atoms with Crippen LogP contribution in [0.4, 0.5) is 0 Å². The third kappa shape index (κ3) is 5.17. The molecule has 0 spiro atoms. The minimum Gasteiger partial charge on any atom is -0.488 e. The molecule has 1 aliphatic heterocycles. The number of aromatic nitrogens is 1. The molecule has 0 fully saturated rings. The maximum atomic E-state index is 12.4. The first kappa shape index (κ1) is 22.4. The van der Waals surface area contributed by atoms with Crippen LogP contribution in [0.3, 0.4) is 0 Å². The van der Waals surface area contributed by atoms with Gasteiger partial charge in [-0.3, -0.25) is 4.79 Å². The van der Waals surface area contributed by atoms with E-state index < -0.39 is 0 Å². The first-order valence-electron chi connectivity index (χ1n) is 11.1. The van der Waals surface area contributed by atoms with E-state index in [-0.39, 0.29) is 12.0 Å². The molecule has 0 saturated carbocycles. The van der Waals surface area contributed by atoms with Gasteiger partial charge in [-0.2, -0.15) is 0 Å². The fourth-order valence-corrected chi connectivity index (χ4v) is 4.11. The molecule has 5 nitrogen and oxygen atoms in total. The number of carbonyl (C=O) groups excluding carboxylic acids is 1. The number of amides is 1. The normalized spacial score (nSPS) is 12.2. The number of carbonyl (C=O) groups is 1. The summed E-state index contributed by atoms with van der Waals surface area (Å²) in [6, 6.07) is 18.0. The maximum absolute atomic E-state index is 12.4. The van der Waals surface area contributed by atoms with Crippen LogP contribution in [0, 0.1) is 0 Å². The largest absolute Gasteiger partial charge is 0.488 e. The molecule has 0 saturated heterocycles. The molecule has 32 heavy (non-hydrogen) atoms. The Bertz CT molecular complexity index is 1070. The first-order chi connectivity index (χ1) is 15.5. The van der Waals surface area contributed by atoms with E-state index in [0.29, 0.717) is 37.6 Å². The smallest absolute Gasteiger partial charge is 0.220 e. The number of nitrogens with zero attached hydrogens (tertiary/aromatic N) is 1. The van der Waals surface area contributed by atoms with Crippen molar-refractivity contribution in [1.29, 1.82) is 0 Å². The Labute approximate surface area is 194 Å². The van der Waals surface area contributed by atoms with Crippen molar-refractivity contribution in [3.63, 3.8) is 0 Å². The second-order valence-electron chi connectivity index (χ2n) is 8.23. The highest BCUT2D eigenvalue weighted by Gasteiger charge is 2.24. The zero-order valence-corrected chi connectivity index (χ0v) is 19.3. The van der Waals surface area contributed by atoms with E-state index in [1.165, 1.54) is 0 Å². The summed E-state index contributed by atoms with van der Waals surface area (Å²) < 4.78 is 13.7. The van der Waals surface area contributed by atoms with Gasteiger partial charge in [0.25, 0.3) is 0 Å². The molecule has 0 radical (unpaired) electrons. The van der Waals surface area contributed by atoms with Gasteiger partial charge in [-0.25, -0.2) is 0 Å². The Morgan fingerprint density at radius 2 is 1.97 bits per heavy atom. The summed E-state index contributed by atoms with van der Waals surface area (Å²) in [7, 11) is 0. The van der Waals surface area contributed by atoms with Gasteiger partial charge in [-0.1, -0.05) is 23.7 Å². The van der Waals surface area contributed by atoms with Crippen molar-refractivity contribution in [3.05, 3.63) is 70.9 Å². The molecular weight excluding hydrogens is 424 g/mol. The predicted octanol–water partition coefficient (Wildman–Crippen LogP) is 5.55. The van der Waals surface area contributed by atoms with Crippen molar-refractivity contribution in [2.24, 2.45) is 0 Å². The van der Waals surface area contributed by atoms with Gasteiger partial charge in [0.2, 0.25) is 5.91 Å². The molecule has 168 valence electrons. The van der Waals surface area contributed by atoms with E-state index in [1.54, 1.807) is 0 Å².